The maximum absolute atomic E-state index is 13.3. The van der Waals surface area contributed by atoms with Gasteiger partial charge in [-0.15, -0.1) is 0 Å². The summed E-state index contributed by atoms with van der Waals surface area (Å²) in [6.07, 6.45) is -4.32. The molecule has 0 aliphatic carbocycles. The van der Waals surface area contributed by atoms with Crippen LogP contribution in [-0.4, -0.2) is 22.6 Å². The van der Waals surface area contributed by atoms with Crippen LogP contribution in [0.1, 0.15) is 11.4 Å². The van der Waals surface area contributed by atoms with Crippen molar-refractivity contribution in [2.45, 2.75) is 11.6 Å². The molecule has 0 N–H and O–H groups in total. The molecule has 0 saturated heterocycles. The Balaban J connectivity index is 2.71. The highest BCUT2D eigenvalue weighted by atomic mass is 19.4. The van der Waals surface area contributed by atoms with Crippen molar-refractivity contribution in [2.24, 2.45) is 0 Å². The fraction of sp³-hybridized carbons (Fsp3) is 0.182. The van der Waals surface area contributed by atoms with Gasteiger partial charge >= 0.3 is 6.18 Å². The van der Waals surface area contributed by atoms with Crippen LogP contribution in [0.4, 0.5) is 13.2 Å². The first-order valence-electron chi connectivity index (χ1n) is 4.88. The molecule has 18 heavy (non-hydrogen) atoms. The van der Waals surface area contributed by atoms with Crippen molar-refractivity contribution in [1.82, 2.24) is 10.1 Å². The number of nitrogens with zero attached hydrogens (tertiary/aromatic N) is 2. The Morgan fingerprint density at radius 3 is 2.28 bits per heavy atom. The quantitative estimate of drug-likeness (QED) is 0.789. The van der Waals surface area contributed by atoms with Crippen molar-refractivity contribution in [1.29, 1.82) is 0 Å². The van der Waals surface area contributed by atoms with Crippen LogP contribution in [0, 0.1) is 0 Å². The van der Waals surface area contributed by atoms with Gasteiger partial charge in [0.1, 0.15) is 6.29 Å². The summed E-state index contributed by atoms with van der Waals surface area (Å²) >= 11 is 0. The van der Waals surface area contributed by atoms with Crippen LogP contribution in [0.3, 0.4) is 0 Å². The Morgan fingerprint density at radius 2 is 1.83 bits per heavy atom. The Kier molecular flexibility index (Phi) is 2.90. The summed E-state index contributed by atoms with van der Waals surface area (Å²) in [5.74, 6) is -0.726. The van der Waals surface area contributed by atoms with Crippen LogP contribution in [0.5, 0.6) is 0 Å². The molecule has 2 rings (SSSR count). The van der Waals surface area contributed by atoms with Gasteiger partial charge in [-0.3, -0.25) is 0 Å². The second-order valence-corrected chi connectivity index (χ2v) is 3.54. The molecule has 0 spiro atoms. The van der Waals surface area contributed by atoms with Gasteiger partial charge in [0.05, 0.1) is 0 Å². The number of benzene rings is 1. The van der Waals surface area contributed by atoms with Gasteiger partial charge in [0.2, 0.25) is 11.8 Å². The zero-order valence-corrected chi connectivity index (χ0v) is 8.89. The molecule has 7 heteroatoms. The van der Waals surface area contributed by atoms with Crippen LogP contribution in [-0.2, 0) is 10.2 Å². The Morgan fingerprint density at radius 1 is 1.17 bits per heavy atom. The third-order valence-corrected chi connectivity index (χ3v) is 2.57. The lowest BCUT2D eigenvalue weighted by molar-refractivity contribution is -0.179. The SMILES string of the molecule is O=CC(c1ccccc1)(c1ncon1)C(F)(F)F. The summed E-state index contributed by atoms with van der Waals surface area (Å²) in [5.41, 5.74) is -3.16. The zero-order chi connectivity index (χ0) is 13.2. The van der Waals surface area contributed by atoms with Crippen molar-refractivity contribution >= 4 is 6.29 Å². The molecule has 2 aromatic rings. The van der Waals surface area contributed by atoms with Gasteiger partial charge in [0, 0.05) is 0 Å². The topological polar surface area (TPSA) is 56.0 Å². The van der Waals surface area contributed by atoms with E-state index in [0.717, 1.165) is 6.39 Å². The maximum atomic E-state index is 13.3. The van der Waals surface area contributed by atoms with E-state index < -0.39 is 17.4 Å². The second kappa shape index (κ2) is 4.25. The Labute approximate surface area is 99.4 Å². The molecule has 4 nitrogen and oxygen atoms in total. The minimum absolute atomic E-state index is 0.215. The molecule has 94 valence electrons. The number of carbonyl (C=O) groups is 1. The first-order chi connectivity index (χ1) is 8.52. The molecule has 0 saturated carbocycles. The Bertz CT molecular complexity index is 525. The number of hydrogen-bond donors (Lipinski definition) is 0. The molecular weight excluding hydrogens is 249 g/mol. The molecule has 0 aliphatic rings. The van der Waals surface area contributed by atoms with E-state index in [1.165, 1.54) is 24.3 Å². The number of rotatable bonds is 3. The molecule has 0 fully saturated rings. The van der Waals surface area contributed by atoms with E-state index in [2.05, 4.69) is 14.7 Å². The van der Waals surface area contributed by atoms with Crippen LogP contribution >= 0.6 is 0 Å². The van der Waals surface area contributed by atoms with Gasteiger partial charge in [0.25, 0.3) is 0 Å². The van der Waals surface area contributed by atoms with Crippen molar-refractivity contribution in [3.05, 3.63) is 48.1 Å². The number of carbonyl (C=O) groups excluding carboxylic acids is 1. The lowest BCUT2D eigenvalue weighted by Crippen LogP contribution is -2.45. The molecule has 0 amide bonds. The van der Waals surface area contributed by atoms with Crippen LogP contribution in [0.25, 0.3) is 0 Å². The smallest absolute Gasteiger partial charge is 0.343 e. The lowest BCUT2D eigenvalue weighted by atomic mass is 9.80. The zero-order valence-electron chi connectivity index (χ0n) is 8.89. The summed E-state index contributed by atoms with van der Waals surface area (Å²) in [5, 5.41) is 3.17. The van der Waals surface area contributed by atoms with E-state index in [0.29, 0.717) is 0 Å². The molecular formula is C11H7F3N2O2. The van der Waals surface area contributed by atoms with E-state index in [1.54, 1.807) is 6.07 Å². The molecule has 1 aromatic carbocycles. The fourth-order valence-electron chi connectivity index (χ4n) is 1.65. The van der Waals surface area contributed by atoms with Crippen molar-refractivity contribution in [2.75, 3.05) is 0 Å². The number of aromatic nitrogens is 2. The van der Waals surface area contributed by atoms with Gasteiger partial charge in [-0.1, -0.05) is 35.5 Å². The minimum atomic E-state index is -4.86. The van der Waals surface area contributed by atoms with E-state index in [9.17, 15) is 18.0 Å². The number of hydrogen-bond acceptors (Lipinski definition) is 4. The third-order valence-electron chi connectivity index (χ3n) is 2.57. The monoisotopic (exact) mass is 256 g/mol. The highest BCUT2D eigenvalue weighted by Gasteiger charge is 2.60. The van der Waals surface area contributed by atoms with Crippen LogP contribution in [0.15, 0.2) is 41.2 Å². The average Bonchev–Trinajstić information content (AvgIpc) is 2.84. The molecule has 0 bridgehead atoms. The summed E-state index contributed by atoms with van der Waals surface area (Å²) < 4.78 is 44.1. The van der Waals surface area contributed by atoms with Gasteiger partial charge in [-0.05, 0) is 5.56 Å². The minimum Gasteiger partial charge on any atom is -0.343 e. The van der Waals surface area contributed by atoms with E-state index in [-0.39, 0.29) is 11.8 Å². The molecule has 0 aliphatic heterocycles. The highest BCUT2D eigenvalue weighted by molar-refractivity contribution is 5.74. The van der Waals surface area contributed by atoms with Gasteiger partial charge in [0.15, 0.2) is 5.82 Å². The van der Waals surface area contributed by atoms with E-state index >= 15 is 0 Å². The predicted octanol–water partition coefficient (Wildman–Crippen LogP) is 2.12. The van der Waals surface area contributed by atoms with Crippen molar-refractivity contribution in [3.8, 4) is 0 Å². The fourth-order valence-corrected chi connectivity index (χ4v) is 1.65. The summed E-state index contributed by atoms with van der Waals surface area (Å²) in [6, 6.07) is 6.74. The molecule has 1 aromatic heterocycles. The molecule has 1 heterocycles. The highest BCUT2D eigenvalue weighted by Crippen LogP contribution is 2.43. The first-order valence-corrected chi connectivity index (χ1v) is 4.88. The van der Waals surface area contributed by atoms with Crippen LogP contribution in [0.2, 0.25) is 0 Å². The van der Waals surface area contributed by atoms with E-state index in [4.69, 9.17) is 0 Å². The largest absolute Gasteiger partial charge is 0.412 e. The molecule has 1 unspecified atom stereocenters. The Hall–Kier alpha value is -2.18. The third kappa shape index (κ3) is 1.68. The van der Waals surface area contributed by atoms with Gasteiger partial charge < -0.3 is 9.32 Å². The van der Waals surface area contributed by atoms with Crippen LogP contribution < -0.4 is 0 Å². The predicted molar refractivity (Wildman–Crippen MR) is 53.6 cm³/mol. The van der Waals surface area contributed by atoms with E-state index in [1.807, 2.05) is 0 Å². The average molecular weight is 256 g/mol. The number of aldehydes is 1. The van der Waals surface area contributed by atoms with Crippen molar-refractivity contribution < 1.29 is 22.5 Å². The normalized spacial score (nSPS) is 15.1. The lowest BCUT2D eigenvalue weighted by Gasteiger charge is -2.27. The summed E-state index contributed by atoms with van der Waals surface area (Å²) in [4.78, 5) is 14.5. The number of alkyl halides is 3. The number of halogens is 3. The first kappa shape index (κ1) is 12.3. The second-order valence-electron chi connectivity index (χ2n) is 3.54. The summed E-state index contributed by atoms with van der Waals surface area (Å²) in [7, 11) is 0. The molecule has 0 radical (unpaired) electrons. The standard InChI is InChI=1S/C11H7F3N2O2/c12-11(13,14)10(6-17,9-15-7-18-16-9)8-4-2-1-3-5-8/h1-7H. The van der Waals surface area contributed by atoms with Gasteiger partial charge in [-0.2, -0.15) is 18.2 Å². The maximum Gasteiger partial charge on any atom is 0.412 e. The molecule has 1 atom stereocenters. The van der Waals surface area contributed by atoms with Crippen molar-refractivity contribution in [3.63, 3.8) is 0 Å². The summed E-state index contributed by atoms with van der Waals surface area (Å²) in [6.45, 7) is 0. The van der Waals surface area contributed by atoms with Gasteiger partial charge in [-0.25, -0.2) is 0 Å².